The lowest BCUT2D eigenvalue weighted by atomic mass is 10.1. The van der Waals surface area contributed by atoms with E-state index >= 15 is 0 Å². The topological polar surface area (TPSA) is 76.4 Å². The first-order chi connectivity index (χ1) is 15.9. The molecular formula is C26H24FN3O3. The number of hydrogen-bond donors (Lipinski definition) is 2. The lowest BCUT2D eigenvalue weighted by Crippen LogP contribution is -2.13. The minimum Gasteiger partial charge on any atom is -0.497 e. The van der Waals surface area contributed by atoms with Crippen molar-refractivity contribution in [1.82, 2.24) is 9.78 Å². The molecule has 4 rings (SSSR count). The van der Waals surface area contributed by atoms with Gasteiger partial charge in [-0.15, -0.1) is 0 Å². The van der Waals surface area contributed by atoms with Crippen molar-refractivity contribution in [2.75, 3.05) is 12.4 Å². The summed E-state index contributed by atoms with van der Waals surface area (Å²) < 4.78 is 20.9. The summed E-state index contributed by atoms with van der Waals surface area (Å²) in [7, 11) is 1.59. The van der Waals surface area contributed by atoms with Crippen LogP contribution in [0.25, 0.3) is 11.3 Å². The van der Waals surface area contributed by atoms with Crippen molar-refractivity contribution < 1.29 is 19.0 Å². The molecule has 3 aromatic carbocycles. The first-order valence-corrected chi connectivity index (χ1v) is 10.5. The highest BCUT2D eigenvalue weighted by atomic mass is 19.1. The standard InChI is InChI=1S/C26H24FN3O3/c1-17(31)22-14-20(10-13-24(22)27)28-26(32)23-16-30(15-18-6-4-3-5-7-18)29-25(23)19-8-11-21(33-2)12-9-19/h3-14,16-17,31H,15H2,1-2H3,(H,28,32)/t17-/m1/s1. The van der Waals surface area contributed by atoms with E-state index in [1.807, 2.05) is 54.6 Å². The van der Waals surface area contributed by atoms with Crippen LogP contribution in [0.3, 0.4) is 0 Å². The van der Waals surface area contributed by atoms with E-state index in [-0.39, 0.29) is 11.5 Å². The Morgan fingerprint density at radius 1 is 1.12 bits per heavy atom. The van der Waals surface area contributed by atoms with Gasteiger partial charge in [0.15, 0.2) is 0 Å². The second-order valence-electron chi connectivity index (χ2n) is 7.67. The molecule has 168 valence electrons. The first-order valence-electron chi connectivity index (χ1n) is 10.5. The van der Waals surface area contributed by atoms with Crippen molar-refractivity contribution >= 4 is 11.6 Å². The lowest BCUT2D eigenvalue weighted by Gasteiger charge is -2.10. The van der Waals surface area contributed by atoms with E-state index in [4.69, 9.17) is 4.74 Å². The number of aliphatic hydroxyl groups excluding tert-OH is 1. The molecule has 1 atom stereocenters. The number of methoxy groups -OCH3 is 1. The van der Waals surface area contributed by atoms with Gasteiger partial charge in [-0.05, 0) is 55.0 Å². The highest BCUT2D eigenvalue weighted by molar-refractivity contribution is 6.08. The van der Waals surface area contributed by atoms with Gasteiger partial charge in [-0.2, -0.15) is 5.10 Å². The molecule has 1 amide bonds. The van der Waals surface area contributed by atoms with E-state index in [1.54, 1.807) is 18.0 Å². The summed E-state index contributed by atoms with van der Waals surface area (Å²) in [6, 6.07) is 21.2. The number of halogens is 1. The zero-order valence-electron chi connectivity index (χ0n) is 18.3. The quantitative estimate of drug-likeness (QED) is 0.417. The third-order valence-electron chi connectivity index (χ3n) is 5.26. The Kier molecular flexibility index (Phi) is 6.51. The van der Waals surface area contributed by atoms with Gasteiger partial charge in [-0.25, -0.2) is 4.39 Å². The Bertz CT molecular complexity index is 1250. The SMILES string of the molecule is COc1ccc(-c2nn(Cc3ccccc3)cc2C(=O)Nc2ccc(F)c([C@@H](C)O)c2)cc1. The molecular weight excluding hydrogens is 421 g/mol. The number of ether oxygens (including phenoxy) is 1. The van der Waals surface area contributed by atoms with Crippen LogP contribution < -0.4 is 10.1 Å². The molecule has 0 aliphatic heterocycles. The van der Waals surface area contributed by atoms with E-state index in [2.05, 4.69) is 10.4 Å². The van der Waals surface area contributed by atoms with E-state index in [0.717, 1.165) is 11.1 Å². The zero-order chi connectivity index (χ0) is 23.4. The molecule has 0 saturated heterocycles. The molecule has 0 radical (unpaired) electrons. The van der Waals surface area contributed by atoms with E-state index in [0.29, 0.717) is 29.2 Å². The Morgan fingerprint density at radius 3 is 2.52 bits per heavy atom. The highest BCUT2D eigenvalue weighted by Crippen LogP contribution is 2.27. The summed E-state index contributed by atoms with van der Waals surface area (Å²) in [5.41, 5.74) is 3.20. The summed E-state index contributed by atoms with van der Waals surface area (Å²) in [4.78, 5) is 13.2. The summed E-state index contributed by atoms with van der Waals surface area (Å²) in [6.07, 6.45) is 0.700. The Balaban J connectivity index is 1.68. The lowest BCUT2D eigenvalue weighted by molar-refractivity contribution is 0.102. The molecule has 0 bridgehead atoms. The molecule has 0 unspecified atom stereocenters. The average molecular weight is 445 g/mol. The smallest absolute Gasteiger partial charge is 0.259 e. The number of nitrogens with one attached hydrogen (secondary N) is 1. The van der Waals surface area contributed by atoms with E-state index in [1.165, 1.54) is 25.1 Å². The summed E-state index contributed by atoms with van der Waals surface area (Å²) in [5, 5.41) is 17.2. The first kappa shape index (κ1) is 22.2. The molecule has 0 aliphatic carbocycles. The number of anilines is 1. The number of aliphatic hydroxyl groups is 1. The van der Waals surface area contributed by atoms with Gasteiger partial charge in [0.05, 0.1) is 25.3 Å². The third kappa shape index (κ3) is 5.10. The van der Waals surface area contributed by atoms with Crippen LogP contribution in [-0.4, -0.2) is 27.9 Å². The van der Waals surface area contributed by atoms with Crippen LogP contribution in [0.5, 0.6) is 5.75 Å². The van der Waals surface area contributed by atoms with Gasteiger partial charge in [-0.3, -0.25) is 9.48 Å². The molecule has 0 aliphatic rings. The van der Waals surface area contributed by atoms with Crippen LogP contribution in [-0.2, 0) is 6.54 Å². The van der Waals surface area contributed by atoms with Crippen molar-refractivity contribution in [3.8, 4) is 17.0 Å². The van der Waals surface area contributed by atoms with E-state index < -0.39 is 11.9 Å². The number of hydrogen-bond acceptors (Lipinski definition) is 4. The highest BCUT2D eigenvalue weighted by Gasteiger charge is 2.19. The Morgan fingerprint density at radius 2 is 1.85 bits per heavy atom. The van der Waals surface area contributed by atoms with Crippen LogP contribution in [0.4, 0.5) is 10.1 Å². The minimum absolute atomic E-state index is 0.114. The normalized spacial score (nSPS) is 11.8. The van der Waals surface area contributed by atoms with E-state index in [9.17, 15) is 14.3 Å². The maximum Gasteiger partial charge on any atom is 0.259 e. The van der Waals surface area contributed by atoms with Gasteiger partial charge in [-0.1, -0.05) is 30.3 Å². The maximum atomic E-state index is 13.9. The van der Waals surface area contributed by atoms with Crippen molar-refractivity contribution in [1.29, 1.82) is 0 Å². The zero-order valence-corrected chi connectivity index (χ0v) is 18.3. The second kappa shape index (κ2) is 9.67. The monoisotopic (exact) mass is 445 g/mol. The van der Waals surface area contributed by atoms with Gasteiger partial charge in [0.2, 0.25) is 0 Å². The number of rotatable bonds is 7. The molecule has 6 nitrogen and oxygen atoms in total. The molecule has 0 fully saturated rings. The molecule has 1 aromatic heterocycles. The number of nitrogens with zero attached hydrogens (tertiary/aromatic N) is 2. The summed E-state index contributed by atoms with van der Waals surface area (Å²) in [6.45, 7) is 1.97. The second-order valence-corrected chi connectivity index (χ2v) is 7.67. The molecule has 2 N–H and O–H groups in total. The van der Waals surface area contributed by atoms with Crippen molar-refractivity contribution in [2.24, 2.45) is 0 Å². The van der Waals surface area contributed by atoms with Crippen LogP contribution >= 0.6 is 0 Å². The van der Waals surface area contributed by atoms with Crippen LogP contribution in [0, 0.1) is 5.82 Å². The van der Waals surface area contributed by atoms with Crippen LogP contribution in [0.2, 0.25) is 0 Å². The van der Waals surface area contributed by atoms with Gasteiger partial charge in [0.25, 0.3) is 5.91 Å². The van der Waals surface area contributed by atoms with Crippen molar-refractivity contribution in [2.45, 2.75) is 19.6 Å². The number of aromatic nitrogens is 2. The van der Waals surface area contributed by atoms with Crippen LogP contribution in [0.1, 0.15) is 34.5 Å². The fourth-order valence-electron chi connectivity index (χ4n) is 3.54. The fraction of sp³-hybridized carbons (Fsp3) is 0.154. The third-order valence-corrected chi connectivity index (χ3v) is 5.26. The van der Waals surface area contributed by atoms with Crippen molar-refractivity contribution in [3.63, 3.8) is 0 Å². The van der Waals surface area contributed by atoms with Crippen LogP contribution in [0.15, 0.2) is 79.0 Å². The Labute approximate surface area is 191 Å². The summed E-state index contributed by atoms with van der Waals surface area (Å²) in [5.74, 6) is -0.216. The number of amides is 1. The predicted octanol–water partition coefficient (Wildman–Crippen LogP) is 5.05. The van der Waals surface area contributed by atoms with Gasteiger partial charge >= 0.3 is 0 Å². The molecule has 0 spiro atoms. The molecule has 33 heavy (non-hydrogen) atoms. The number of carbonyl (C=O) groups is 1. The number of benzene rings is 3. The summed E-state index contributed by atoms with van der Waals surface area (Å²) >= 11 is 0. The fourth-order valence-corrected chi connectivity index (χ4v) is 3.54. The van der Waals surface area contributed by atoms with Crippen molar-refractivity contribution in [3.05, 3.63) is 102 Å². The molecule has 4 aromatic rings. The average Bonchev–Trinajstić information content (AvgIpc) is 3.24. The Hall–Kier alpha value is -3.97. The largest absolute Gasteiger partial charge is 0.497 e. The molecule has 0 saturated carbocycles. The van der Waals surface area contributed by atoms with Gasteiger partial charge in [0, 0.05) is 23.0 Å². The predicted molar refractivity (Wildman–Crippen MR) is 125 cm³/mol. The minimum atomic E-state index is -0.995. The van der Waals surface area contributed by atoms with Gasteiger partial charge in [0.1, 0.15) is 17.3 Å². The van der Waals surface area contributed by atoms with Gasteiger partial charge < -0.3 is 15.2 Å². The number of carbonyl (C=O) groups excluding carboxylic acids is 1. The molecule has 7 heteroatoms. The molecule has 1 heterocycles. The maximum absolute atomic E-state index is 13.9.